The van der Waals surface area contributed by atoms with Crippen molar-refractivity contribution in [1.82, 2.24) is 9.97 Å². The lowest BCUT2D eigenvalue weighted by Crippen LogP contribution is -2.20. The van der Waals surface area contributed by atoms with Crippen LogP contribution in [0.5, 0.6) is 0 Å². The number of hydrogen-bond acceptors (Lipinski definition) is 4. The molecule has 3 rings (SSSR count). The molecule has 0 aliphatic rings. The molecule has 0 saturated carbocycles. The molecular formula is C19H17BrN4O. The number of nitrogens with zero attached hydrogens (tertiary/aromatic N) is 3. The molecule has 126 valence electrons. The number of para-hydroxylation sites is 1. The van der Waals surface area contributed by atoms with Gasteiger partial charge < -0.3 is 10.2 Å². The van der Waals surface area contributed by atoms with E-state index >= 15 is 0 Å². The van der Waals surface area contributed by atoms with Crippen LogP contribution in [-0.4, -0.2) is 22.4 Å². The fraction of sp³-hybridized carbons (Fsp3) is 0.105. The van der Waals surface area contributed by atoms with Gasteiger partial charge in [0.05, 0.1) is 5.56 Å². The molecule has 25 heavy (non-hydrogen) atoms. The predicted octanol–water partition coefficient (Wildman–Crippen LogP) is 4.65. The Morgan fingerprint density at radius 1 is 1.08 bits per heavy atom. The molecule has 0 spiro atoms. The summed E-state index contributed by atoms with van der Waals surface area (Å²) in [4.78, 5) is 23.0. The van der Waals surface area contributed by atoms with Crippen LogP contribution in [0.15, 0.2) is 71.5 Å². The molecule has 0 bridgehead atoms. The van der Waals surface area contributed by atoms with Gasteiger partial charge in [-0.25, -0.2) is 9.97 Å². The quantitative estimate of drug-likeness (QED) is 0.681. The van der Waals surface area contributed by atoms with Crippen molar-refractivity contribution in [3.63, 3.8) is 0 Å². The van der Waals surface area contributed by atoms with Gasteiger partial charge in [-0.1, -0.05) is 40.2 Å². The van der Waals surface area contributed by atoms with Gasteiger partial charge >= 0.3 is 0 Å². The lowest BCUT2D eigenvalue weighted by Gasteiger charge is -2.20. The first kappa shape index (κ1) is 17.1. The van der Waals surface area contributed by atoms with Crippen LogP contribution in [0.4, 0.5) is 17.3 Å². The molecule has 6 heteroatoms. The van der Waals surface area contributed by atoms with Gasteiger partial charge in [0.1, 0.15) is 0 Å². The third-order valence-electron chi connectivity index (χ3n) is 3.61. The van der Waals surface area contributed by atoms with Gasteiger partial charge in [-0.3, -0.25) is 4.79 Å². The number of amides is 1. The molecular weight excluding hydrogens is 380 g/mol. The average molecular weight is 397 g/mol. The topological polar surface area (TPSA) is 58.1 Å². The Morgan fingerprint density at radius 3 is 2.44 bits per heavy atom. The summed E-state index contributed by atoms with van der Waals surface area (Å²) in [7, 11) is 0. The highest BCUT2D eigenvalue weighted by Gasteiger charge is 2.12. The third kappa shape index (κ3) is 4.22. The fourth-order valence-electron chi connectivity index (χ4n) is 2.39. The average Bonchev–Trinajstić information content (AvgIpc) is 2.64. The molecule has 1 heterocycles. The van der Waals surface area contributed by atoms with E-state index in [1.54, 1.807) is 12.4 Å². The number of hydrogen-bond donors (Lipinski definition) is 1. The normalized spacial score (nSPS) is 10.3. The van der Waals surface area contributed by atoms with Crippen molar-refractivity contribution in [2.24, 2.45) is 0 Å². The van der Waals surface area contributed by atoms with Crippen molar-refractivity contribution >= 4 is 39.2 Å². The molecule has 0 atom stereocenters. The van der Waals surface area contributed by atoms with Crippen LogP contribution in [0, 0.1) is 0 Å². The van der Waals surface area contributed by atoms with E-state index in [2.05, 4.69) is 31.2 Å². The summed E-state index contributed by atoms with van der Waals surface area (Å²) in [5, 5.41) is 2.83. The van der Waals surface area contributed by atoms with Crippen LogP contribution >= 0.6 is 15.9 Å². The molecule has 0 aliphatic carbocycles. The van der Waals surface area contributed by atoms with E-state index in [0.717, 1.165) is 16.7 Å². The molecule has 0 fully saturated rings. The monoisotopic (exact) mass is 396 g/mol. The molecule has 1 aromatic heterocycles. The number of carbonyl (C=O) groups excluding carboxylic acids is 1. The molecule has 0 radical (unpaired) electrons. The molecule has 5 nitrogen and oxygen atoms in total. The Kier molecular flexibility index (Phi) is 5.40. The Hall–Kier alpha value is -2.73. The summed E-state index contributed by atoms with van der Waals surface area (Å²) in [6.07, 6.45) is 3.09. The number of halogens is 1. The van der Waals surface area contributed by atoms with E-state index in [0.29, 0.717) is 17.2 Å². The Balaban J connectivity index is 1.76. The molecule has 0 saturated heterocycles. The zero-order valence-electron chi connectivity index (χ0n) is 13.7. The second kappa shape index (κ2) is 7.90. The molecule has 1 N–H and O–H groups in total. The summed E-state index contributed by atoms with van der Waals surface area (Å²) in [6.45, 7) is 2.76. The van der Waals surface area contributed by atoms with Crippen molar-refractivity contribution in [3.05, 3.63) is 77.0 Å². The van der Waals surface area contributed by atoms with E-state index in [1.807, 2.05) is 66.4 Å². The summed E-state index contributed by atoms with van der Waals surface area (Å²) in [6, 6.07) is 17.3. The summed E-state index contributed by atoms with van der Waals surface area (Å²) >= 11 is 3.38. The number of aromatic nitrogens is 2. The minimum atomic E-state index is -0.243. The Morgan fingerprint density at radius 2 is 1.80 bits per heavy atom. The van der Waals surface area contributed by atoms with Crippen LogP contribution in [-0.2, 0) is 0 Å². The lowest BCUT2D eigenvalue weighted by atomic mass is 10.2. The van der Waals surface area contributed by atoms with Crippen LogP contribution in [0.3, 0.4) is 0 Å². The first-order valence-electron chi connectivity index (χ1n) is 7.89. The first-order valence-corrected chi connectivity index (χ1v) is 8.68. The highest BCUT2D eigenvalue weighted by atomic mass is 79.9. The minimum absolute atomic E-state index is 0.243. The lowest BCUT2D eigenvalue weighted by molar-refractivity contribution is 0.102. The minimum Gasteiger partial charge on any atom is -0.322 e. The Bertz CT molecular complexity index is 853. The largest absolute Gasteiger partial charge is 0.322 e. The number of benzene rings is 2. The van der Waals surface area contributed by atoms with E-state index in [9.17, 15) is 4.79 Å². The number of rotatable bonds is 5. The molecule has 0 unspecified atom stereocenters. The second-order valence-corrected chi connectivity index (χ2v) is 6.23. The van der Waals surface area contributed by atoms with Gasteiger partial charge in [0.15, 0.2) is 0 Å². The summed E-state index contributed by atoms with van der Waals surface area (Å²) < 4.78 is 0.901. The van der Waals surface area contributed by atoms with Gasteiger partial charge in [0.2, 0.25) is 5.95 Å². The maximum absolute atomic E-state index is 12.3. The van der Waals surface area contributed by atoms with Crippen LogP contribution in [0.2, 0.25) is 0 Å². The smallest absolute Gasteiger partial charge is 0.258 e. The van der Waals surface area contributed by atoms with Crippen molar-refractivity contribution in [2.45, 2.75) is 6.92 Å². The maximum Gasteiger partial charge on any atom is 0.258 e. The van der Waals surface area contributed by atoms with Gasteiger partial charge in [0, 0.05) is 34.8 Å². The summed E-state index contributed by atoms with van der Waals surface area (Å²) in [5.74, 6) is 0.320. The molecule has 2 aromatic carbocycles. The van der Waals surface area contributed by atoms with Crippen molar-refractivity contribution in [1.29, 1.82) is 0 Å². The molecule has 1 amide bonds. The van der Waals surface area contributed by atoms with Crippen LogP contribution in [0.25, 0.3) is 0 Å². The highest BCUT2D eigenvalue weighted by Crippen LogP contribution is 2.21. The van der Waals surface area contributed by atoms with Gasteiger partial charge in [-0.2, -0.15) is 0 Å². The van der Waals surface area contributed by atoms with Gasteiger partial charge in [-0.15, -0.1) is 0 Å². The SMILES string of the molecule is CCN(c1ccccc1)c1ncc(C(=O)Nc2cccc(Br)c2)cn1. The van der Waals surface area contributed by atoms with E-state index in [1.165, 1.54) is 0 Å². The third-order valence-corrected chi connectivity index (χ3v) is 4.10. The number of anilines is 3. The molecule has 3 aromatic rings. The fourth-order valence-corrected chi connectivity index (χ4v) is 2.79. The maximum atomic E-state index is 12.3. The van der Waals surface area contributed by atoms with Crippen molar-refractivity contribution in [2.75, 3.05) is 16.8 Å². The van der Waals surface area contributed by atoms with E-state index in [-0.39, 0.29) is 5.91 Å². The first-order chi connectivity index (χ1) is 12.2. The van der Waals surface area contributed by atoms with Crippen LogP contribution < -0.4 is 10.2 Å². The molecule has 0 aliphatic heterocycles. The Labute approximate surface area is 154 Å². The standard InChI is InChI=1S/C19H17BrN4O/c1-2-24(17-9-4-3-5-10-17)19-21-12-14(13-22-19)18(25)23-16-8-6-7-15(20)11-16/h3-13H,2H2,1H3,(H,23,25). The van der Waals surface area contributed by atoms with Crippen molar-refractivity contribution < 1.29 is 4.79 Å². The van der Waals surface area contributed by atoms with E-state index in [4.69, 9.17) is 0 Å². The second-order valence-electron chi connectivity index (χ2n) is 5.32. The predicted molar refractivity (Wildman–Crippen MR) is 103 cm³/mol. The van der Waals surface area contributed by atoms with Crippen molar-refractivity contribution in [3.8, 4) is 0 Å². The summed E-state index contributed by atoms with van der Waals surface area (Å²) in [5.41, 5.74) is 2.13. The zero-order valence-corrected chi connectivity index (χ0v) is 15.3. The number of carbonyl (C=O) groups is 1. The number of nitrogens with one attached hydrogen (secondary N) is 1. The highest BCUT2D eigenvalue weighted by molar-refractivity contribution is 9.10. The van der Waals surface area contributed by atoms with E-state index < -0.39 is 0 Å². The van der Waals surface area contributed by atoms with Gasteiger partial charge in [-0.05, 0) is 37.3 Å². The van der Waals surface area contributed by atoms with Crippen LogP contribution in [0.1, 0.15) is 17.3 Å². The zero-order chi connectivity index (χ0) is 17.6. The van der Waals surface area contributed by atoms with Gasteiger partial charge in [0.25, 0.3) is 5.91 Å².